The first kappa shape index (κ1) is 10.8. The molecule has 0 radical (unpaired) electrons. The number of carbonyl (C=O) groups is 1. The highest BCUT2D eigenvalue weighted by Crippen LogP contribution is 2.09. The summed E-state index contributed by atoms with van der Waals surface area (Å²) >= 11 is 3.25. The fourth-order valence-corrected chi connectivity index (χ4v) is 1.50. The van der Waals surface area contributed by atoms with Gasteiger partial charge in [0.15, 0.2) is 0 Å². The number of nitrogens with one attached hydrogen (secondary N) is 1. The Bertz CT molecular complexity index is 485. The van der Waals surface area contributed by atoms with Crippen molar-refractivity contribution in [2.24, 2.45) is 0 Å². The Labute approximate surface area is 100.0 Å². The fourth-order valence-electron chi connectivity index (χ4n) is 1.14. The normalized spacial score (nSPS) is 10.1. The van der Waals surface area contributed by atoms with Crippen molar-refractivity contribution in [1.29, 1.82) is 0 Å². The molecule has 0 saturated heterocycles. The lowest BCUT2D eigenvalue weighted by Crippen LogP contribution is -2.23. The SMILES string of the molecule is O=C(NCc1ccon1)c1cncc(Br)c1. The van der Waals surface area contributed by atoms with Crippen LogP contribution in [0.3, 0.4) is 0 Å². The van der Waals surface area contributed by atoms with E-state index >= 15 is 0 Å². The van der Waals surface area contributed by atoms with Crippen LogP contribution in [-0.4, -0.2) is 16.0 Å². The highest BCUT2D eigenvalue weighted by molar-refractivity contribution is 9.10. The number of halogens is 1. The molecule has 0 saturated carbocycles. The van der Waals surface area contributed by atoms with E-state index in [-0.39, 0.29) is 5.91 Å². The Morgan fingerprint density at radius 1 is 1.50 bits per heavy atom. The molecule has 1 amide bonds. The zero-order valence-electron chi connectivity index (χ0n) is 8.18. The Morgan fingerprint density at radius 3 is 3.06 bits per heavy atom. The number of rotatable bonds is 3. The van der Waals surface area contributed by atoms with E-state index in [0.717, 1.165) is 4.47 Å². The van der Waals surface area contributed by atoms with Gasteiger partial charge in [0.2, 0.25) is 0 Å². The number of amides is 1. The zero-order valence-corrected chi connectivity index (χ0v) is 9.77. The number of pyridine rings is 1. The number of aromatic nitrogens is 2. The minimum Gasteiger partial charge on any atom is -0.364 e. The summed E-state index contributed by atoms with van der Waals surface area (Å²) in [6, 6.07) is 3.39. The highest BCUT2D eigenvalue weighted by atomic mass is 79.9. The van der Waals surface area contributed by atoms with Crippen LogP contribution in [0.2, 0.25) is 0 Å². The van der Waals surface area contributed by atoms with Crippen LogP contribution in [0, 0.1) is 0 Å². The second-order valence-corrected chi connectivity index (χ2v) is 3.98. The second kappa shape index (κ2) is 4.89. The molecule has 5 nitrogen and oxygen atoms in total. The van der Waals surface area contributed by atoms with Gasteiger partial charge in [-0.2, -0.15) is 0 Å². The van der Waals surface area contributed by atoms with Crippen molar-refractivity contribution >= 4 is 21.8 Å². The third kappa shape index (κ3) is 2.66. The summed E-state index contributed by atoms with van der Waals surface area (Å²) < 4.78 is 5.42. The Kier molecular flexibility index (Phi) is 3.31. The van der Waals surface area contributed by atoms with Crippen LogP contribution in [0.4, 0.5) is 0 Å². The Morgan fingerprint density at radius 2 is 2.38 bits per heavy atom. The topological polar surface area (TPSA) is 68.0 Å². The first-order chi connectivity index (χ1) is 7.75. The van der Waals surface area contributed by atoms with Crippen molar-refractivity contribution in [3.63, 3.8) is 0 Å². The van der Waals surface area contributed by atoms with Crippen LogP contribution < -0.4 is 5.32 Å². The molecular formula is C10H8BrN3O2. The van der Waals surface area contributed by atoms with Crippen LogP contribution in [0.25, 0.3) is 0 Å². The van der Waals surface area contributed by atoms with Gasteiger partial charge in [-0.25, -0.2) is 0 Å². The van der Waals surface area contributed by atoms with Gasteiger partial charge in [-0.1, -0.05) is 5.16 Å². The van der Waals surface area contributed by atoms with Crippen molar-refractivity contribution in [2.75, 3.05) is 0 Å². The first-order valence-corrected chi connectivity index (χ1v) is 5.33. The molecule has 16 heavy (non-hydrogen) atoms. The molecule has 0 aliphatic heterocycles. The first-order valence-electron chi connectivity index (χ1n) is 4.54. The third-order valence-corrected chi connectivity index (χ3v) is 2.32. The molecule has 2 aromatic heterocycles. The zero-order chi connectivity index (χ0) is 11.4. The van der Waals surface area contributed by atoms with Gasteiger partial charge in [-0.05, 0) is 22.0 Å². The second-order valence-electron chi connectivity index (χ2n) is 3.07. The summed E-state index contributed by atoms with van der Waals surface area (Å²) in [7, 11) is 0. The number of hydrogen-bond donors (Lipinski definition) is 1. The third-order valence-electron chi connectivity index (χ3n) is 1.89. The molecule has 2 heterocycles. The maximum absolute atomic E-state index is 11.7. The average Bonchev–Trinajstić information content (AvgIpc) is 2.78. The molecule has 2 aromatic rings. The van der Waals surface area contributed by atoms with Crippen LogP contribution in [-0.2, 0) is 6.54 Å². The Hall–Kier alpha value is -1.69. The van der Waals surface area contributed by atoms with Crippen molar-refractivity contribution < 1.29 is 9.32 Å². The summed E-state index contributed by atoms with van der Waals surface area (Å²) in [6.07, 6.45) is 4.58. The minimum absolute atomic E-state index is 0.197. The van der Waals surface area contributed by atoms with E-state index < -0.39 is 0 Å². The van der Waals surface area contributed by atoms with Gasteiger partial charge < -0.3 is 9.84 Å². The lowest BCUT2D eigenvalue weighted by Gasteiger charge is -2.02. The molecule has 0 atom stereocenters. The summed E-state index contributed by atoms with van der Waals surface area (Å²) in [4.78, 5) is 15.6. The summed E-state index contributed by atoms with van der Waals surface area (Å²) in [5, 5.41) is 6.39. The van der Waals surface area contributed by atoms with Crippen molar-refractivity contribution in [1.82, 2.24) is 15.5 Å². The molecule has 82 valence electrons. The molecule has 0 aliphatic carbocycles. The summed E-state index contributed by atoms with van der Waals surface area (Å²) in [6.45, 7) is 0.335. The Balaban J connectivity index is 1.98. The average molecular weight is 282 g/mol. The van der Waals surface area contributed by atoms with Crippen molar-refractivity contribution in [3.8, 4) is 0 Å². The fraction of sp³-hybridized carbons (Fsp3) is 0.100. The molecule has 0 aliphatic rings. The van der Waals surface area contributed by atoms with Gasteiger partial charge >= 0.3 is 0 Å². The van der Waals surface area contributed by atoms with Crippen molar-refractivity contribution in [3.05, 3.63) is 46.5 Å². The highest BCUT2D eigenvalue weighted by Gasteiger charge is 2.06. The molecule has 0 unspecified atom stereocenters. The van der Waals surface area contributed by atoms with E-state index in [4.69, 9.17) is 0 Å². The van der Waals surface area contributed by atoms with Gasteiger partial charge in [0.05, 0.1) is 12.1 Å². The van der Waals surface area contributed by atoms with E-state index in [1.807, 2.05) is 0 Å². The molecule has 0 aromatic carbocycles. The number of hydrogen-bond acceptors (Lipinski definition) is 4. The van der Waals surface area contributed by atoms with Crippen LogP contribution in [0.1, 0.15) is 16.1 Å². The van der Waals surface area contributed by atoms with Crippen LogP contribution in [0.15, 0.2) is 39.8 Å². The van der Waals surface area contributed by atoms with Gasteiger partial charge in [-0.15, -0.1) is 0 Å². The largest absolute Gasteiger partial charge is 0.364 e. The maximum Gasteiger partial charge on any atom is 0.253 e. The van der Waals surface area contributed by atoms with E-state index in [1.165, 1.54) is 12.5 Å². The monoisotopic (exact) mass is 281 g/mol. The predicted octanol–water partition coefficient (Wildman–Crippen LogP) is 1.76. The lowest BCUT2D eigenvalue weighted by atomic mass is 10.2. The molecule has 0 bridgehead atoms. The molecule has 1 N–H and O–H groups in total. The molecule has 0 spiro atoms. The molecule has 0 fully saturated rings. The lowest BCUT2D eigenvalue weighted by molar-refractivity contribution is 0.0949. The standard InChI is InChI=1S/C10H8BrN3O2/c11-8-3-7(4-12-5-8)10(15)13-6-9-1-2-16-14-9/h1-5H,6H2,(H,13,15). The molecule has 2 rings (SSSR count). The summed E-state index contributed by atoms with van der Waals surface area (Å²) in [5.74, 6) is -0.197. The van der Waals surface area contributed by atoms with Crippen molar-refractivity contribution in [2.45, 2.75) is 6.54 Å². The smallest absolute Gasteiger partial charge is 0.253 e. The molecular weight excluding hydrogens is 274 g/mol. The quantitative estimate of drug-likeness (QED) is 0.931. The van der Waals surface area contributed by atoms with Crippen LogP contribution >= 0.6 is 15.9 Å². The number of carbonyl (C=O) groups excluding carboxylic acids is 1. The van der Waals surface area contributed by atoms with Gasteiger partial charge in [0.25, 0.3) is 5.91 Å². The predicted molar refractivity (Wildman–Crippen MR) is 59.6 cm³/mol. The molecule has 6 heteroatoms. The van der Waals surface area contributed by atoms with E-state index in [9.17, 15) is 4.79 Å². The minimum atomic E-state index is -0.197. The van der Waals surface area contributed by atoms with Crippen LogP contribution in [0.5, 0.6) is 0 Å². The van der Waals surface area contributed by atoms with Gasteiger partial charge in [0.1, 0.15) is 12.0 Å². The number of nitrogens with zero attached hydrogens (tertiary/aromatic N) is 2. The van der Waals surface area contributed by atoms with Gasteiger partial charge in [0, 0.05) is 22.9 Å². The van der Waals surface area contributed by atoms with E-state index in [1.54, 1.807) is 18.3 Å². The van der Waals surface area contributed by atoms with Gasteiger partial charge in [-0.3, -0.25) is 9.78 Å². The maximum atomic E-state index is 11.7. The summed E-state index contributed by atoms with van der Waals surface area (Å²) in [5.41, 5.74) is 1.18. The van der Waals surface area contributed by atoms with E-state index in [2.05, 4.69) is 35.9 Å². The van der Waals surface area contributed by atoms with E-state index in [0.29, 0.717) is 17.8 Å².